The van der Waals surface area contributed by atoms with Crippen LogP contribution < -0.4 is 10.9 Å². The number of ether oxygens (including phenoxy) is 1. The molecule has 3 aromatic rings. The van der Waals surface area contributed by atoms with Crippen molar-refractivity contribution in [1.29, 1.82) is 0 Å². The third kappa shape index (κ3) is 5.52. The van der Waals surface area contributed by atoms with E-state index in [1.807, 2.05) is 32.0 Å². The Morgan fingerprint density at radius 2 is 2.03 bits per heavy atom. The minimum atomic E-state index is -0.537. The van der Waals surface area contributed by atoms with E-state index in [4.69, 9.17) is 9.72 Å². The van der Waals surface area contributed by atoms with Gasteiger partial charge in [0, 0.05) is 11.4 Å². The van der Waals surface area contributed by atoms with Crippen molar-refractivity contribution < 1.29 is 14.3 Å². The standard InChI is InChI=1S/C27H33N3O4S2/c1-6-34-26(33)22-19-12-11-16(4)13-21(19)36-24(22)29-23(31)17(5)35-27-28-20-10-8-7-9-18(20)25(32)30(27)14-15(2)3/h7-10,15-17H,6,11-14H2,1-5H3,(H,29,31)/t16-,17+/m0/s1. The van der Waals surface area contributed by atoms with Crippen LogP contribution in [0.15, 0.2) is 34.2 Å². The van der Waals surface area contributed by atoms with Crippen molar-refractivity contribution in [3.05, 3.63) is 50.6 Å². The first-order valence-corrected chi connectivity index (χ1v) is 14.2. The molecule has 0 spiro atoms. The quantitative estimate of drug-likeness (QED) is 0.235. The number of hydrogen-bond donors (Lipinski definition) is 1. The topological polar surface area (TPSA) is 90.3 Å². The SMILES string of the molecule is CCOC(=O)c1c(NC(=O)[C@@H](C)Sc2nc3ccccc3c(=O)n2CC(C)C)sc2c1CC[C@H](C)C2. The summed E-state index contributed by atoms with van der Waals surface area (Å²) in [6.45, 7) is 10.7. The number of nitrogens with one attached hydrogen (secondary N) is 1. The van der Waals surface area contributed by atoms with Gasteiger partial charge in [-0.3, -0.25) is 14.2 Å². The lowest BCUT2D eigenvalue weighted by Gasteiger charge is -2.18. The Morgan fingerprint density at radius 3 is 2.75 bits per heavy atom. The van der Waals surface area contributed by atoms with E-state index in [2.05, 4.69) is 12.2 Å². The Kier molecular flexibility index (Phi) is 8.20. The highest BCUT2D eigenvalue weighted by Crippen LogP contribution is 2.40. The molecule has 1 N–H and O–H groups in total. The number of amides is 1. The molecule has 0 bridgehead atoms. The molecule has 2 heterocycles. The second kappa shape index (κ2) is 11.2. The number of aromatic nitrogens is 2. The van der Waals surface area contributed by atoms with Gasteiger partial charge in [0.25, 0.3) is 5.56 Å². The highest BCUT2D eigenvalue weighted by Gasteiger charge is 2.30. The highest BCUT2D eigenvalue weighted by molar-refractivity contribution is 8.00. The fraction of sp³-hybridized carbons (Fsp3) is 0.481. The van der Waals surface area contributed by atoms with E-state index >= 15 is 0 Å². The van der Waals surface area contributed by atoms with Crippen molar-refractivity contribution in [2.45, 2.75) is 70.8 Å². The summed E-state index contributed by atoms with van der Waals surface area (Å²) in [5.41, 5.74) is 2.01. The summed E-state index contributed by atoms with van der Waals surface area (Å²) in [4.78, 5) is 45.2. The first-order valence-electron chi connectivity index (χ1n) is 12.5. The van der Waals surface area contributed by atoms with Gasteiger partial charge in [-0.05, 0) is 62.6 Å². The molecular formula is C27H33N3O4S2. The molecule has 0 saturated carbocycles. The number of fused-ring (bicyclic) bond motifs is 2. The van der Waals surface area contributed by atoms with E-state index in [1.165, 1.54) is 23.1 Å². The van der Waals surface area contributed by atoms with Gasteiger partial charge in [-0.15, -0.1) is 11.3 Å². The number of carbonyl (C=O) groups excluding carboxylic acids is 2. The Bertz CT molecular complexity index is 1340. The number of hydrogen-bond acceptors (Lipinski definition) is 7. The maximum atomic E-state index is 13.3. The van der Waals surface area contributed by atoms with Crippen LogP contribution in [-0.4, -0.2) is 33.3 Å². The third-order valence-electron chi connectivity index (χ3n) is 6.25. The van der Waals surface area contributed by atoms with Crippen molar-refractivity contribution in [2.24, 2.45) is 11.8 Å². The molecule has 9 heteroatoms. The van der Waals surface area contributed by atoms with Crippen LogP contribution in [0.3, 0.4) is 0 Å². The third-order valence-corrected chi connectivity index (χ3v) is 8.51. The number of para-hydroxylation sites is 1. The van der Waals surface area contributed by atoms with Gasteiger partial charge in [-0.1, -0.05) is 44.7 Å². The molecule has 0 aliphatic heterocycles. The summed E-state index contributed by atoms with van der Waals surface area (Å²) < 4.78 is 6.99. The molecule has 4 rings (SSSR count). The number of benzene rings is 1. The van der Waals surface area contributed by atoms with Crippen molar-refractivity contribution in [3.63, 3.8) is 0 Å². The van der Waals surface area contributed by atoms with Crippen molar-refractivity contribution in [2.75, 3.05) is 11.9 Å². The molecule has 1 aromatic carbocycles. The Labute approximate surface area is 219 Å². The zero-order valence-corrected chi connectivity index (χ0v) is 23.1. The second-order valence-corrected chi connectivity index (χ2v) is 12.2. The molecule has 1 amide bonds. The van der Waals surface area contributed by atoms with Crippen LogP contribution in [0.5, 0.6) is 0 Å². The van der Waals surface area contributed by atoms with Gasteiger partial charge in [-0.2, -0.15) is 0 Å². The fourth-order valence-electron chi connectivity index (χ4n) is 4.45. The van der Waals surface area contributed by atoms with Gasteiger partial charge in [-0.25, -0.2) is 9.78 Å². The number of rotatable bonds is 8. The molecule has 1 aliphatic carbocycles. The fourth-order valence-corrected chi connectivity index (χ4v) is 6.77. The minimum absolute atomic E-state index is 0.103. The first kappa shape index (κ1) is 26.4. The molecule has 0 unspecified atom stereocenters. The number of nitrogens with zero attached hydrogens (tertiary/aromatic N) is 2. The largest absolute Gasteiger partial charge is 0.462 e. The monoisotopic (exact) mass is 527 g/mol. The van der Waals surface area contributed by atoms with Crippen LogP contribution in [0.2, 0.25) is 0 Å². The zero-order valence-electron chi connectivity index (χ0n) is 21.4. The summed E-state index contributed by atoms with van der Waals surface area (Å²) in [5, 5.41) is 4.09. The Balaban J connectivity index is 1.62. The Hall–Kier alpha value is -2.65. The summed E-state index contributed by atoms with van der Waals surface area (Å²) in [6.07, 6.45) is 2.72. The summed E-state index contributed by atoms with van der Waals surface area (Å²) in [7, 11) is 0. The minimum Gasteiger partial charge on any atom is -0.462 e. The van der Waals surface area contributed by atoms with Crippen LogP contribution in [-0.2, 0) is 28.9 Å². The van der Waals surface area contributed by atoms with Gasteiger partial charge in [0.2, 0.25) is 5.91 Å². The number of thiophene rings is 1. The van der Waals surface area contributed by atoms with Crippen LogP contribution in [0.25, 0.3) is 10.9 Å². The molecule has 192 valence electrons. The van der Waals surface area contributed by atoms with Crippen molar-refractivity contribution in [1.82, 2.24) is 9.55 Å². The van der Waals surface area contributed by atoms with Gasteiger partial charge < -0.3 is 10.1 Å². The zero-order chi connectivity index (χ0) is 26.0. The summed E-state index contributed by atoms with van der Waals surface area (Å²) >= 11 is 2.73. The van der Waals surface area contributed by atoms with Crippen molar-refractivity contribution >= 4 is 50.9 Å². The lowest BCUT2D eigenvalue weighted by molar-refractivity contribution is -0.115. The maximum absolute atomic E-state index is 13.3. The smallest absolute Gasteiger partial charge is 0.341 e. The van der Waals surface area contributed by atoms with Gasteiger partial charge in [0.1, 0.15) is 5.00 Å². The van der Waals surface area contributed by atoms with Gasteiger partial charge in [0.05, 0.1) is 28.3 Å². The normalized spacial score (nSPS) is 16.1. The van der Waals surface area contributed by atoms with Gasteiger partial charge in [0.15, 0.2) is 5.16 Å². The molecule has 36 heavy (non-hydrogen) atoms. The number of anilines is 1. The molecule has 2 aromatic heterocycles. The Morgan fingerprint density at radius 1 is 1.28 bits per heavy atom. The molecule has 0 radical (unpaired) electrons. The van der Waals surface area contributed by atoms with E-state index in [1.54, 1.807) is 24.5 Å². The summed E-state index contributed by atoms with van der Waals surface area (Å²) in [5.74, 6) is 0.153. The second-order valence-electron chi connectivity index (χ2n) is 9.75. The van der Waals surface area contributed by atoms with E-state index < -0.39 is 5.25 Å². The number of carbonyl (C=O) groups is 2. The van der Waals surface area contributed by atoms with E-state index in [0.29, 0.717) is 39.1 Å². The first-order chi connectivity index (χ1) is 17.2. The average Bonchev–Trinajstić information content (AvgIpc) is 3.18. The van der Waals surface area contributed by atoms with Gasteiger partial charge >= 0.3 is 5.97 Å². The predicted molar refractivity (Wildman–Crippen MR) is 146 cm³/mol. The highest BCUT2D eigenvalue weighted by atomic mass is 32.2. The number of esters is 1. The number of thioether (sulfide) groups is 1. The van der Waals surface area contributed by atoms with E-state index in [-0.39, 0.29) is 30.0 Å². The maximum Gasteiger partial charge on any atom is 0.341 e. The van der Waals surface area contributed by atoms with E-state index in [0.717, 1.165) is 29.7 Å². The lowest BCUT2D eigenvalue weighted by atomic mass is 9.88. The predicted octanol–water partition coefficient (Wildman–Crippen LogP) is 5.53. The molecule has 0 saturated heterocycles. The molecule has 0 fully saturated rings. The summed E-state index contributed by atoms with van der Waals surface area (Å²) in [6, 6.07) is 7.27. The van der Waals surface area contributed by atoms with Crippen molar-refractivity contribution in [3.8, 4) is 0 Å². The van der Waals surface area contributed by atoms with Crippen LogP contribution in [0.4, 0.5) is 5.00 Å². The van der Waals surface area contributed by atoms with Crippen LogP contribution >= 0.6 is 23.1 Å². The molecular weight excluding hydrogens is 494 g/mol. The molecule has 1 aliphatic rings. The molecule has 7 nitrogen and oxygen atoms in total. The molecule has 2 atom stereocenters. The lowest BCUT2D eigenvalue weighted by Crippen LogP contribution is -2.28. The van der Waals surface area contributed by atoms with Crippen LogP contribution in [0, 0.1) is 11.8 Å². The van der Waals surface area contributed by atoms with Crippen LogP contribution in [0.1, 0.15) is 61.8 Å². The van der Waals surface area contributed by atoms with E-state index in [9.17, 15) is 14.4 Å². The average molecular weight is 528 g/mol.